The molecule has 4 nitrogen and oxygen atoms in total. The SMILES string of the molecule is CCCCCCCCCCCCSc1cccc2c(=O)c3c([nH]c12)Cc1c([nH]c2cccc(SCCCCCCCCCCCC)c2c1=O)C3. The van der Waals surface area contributed by atoms with Crippen LogP contribution in [-0.4, -0.2) is 21.5 Å². The molecule has 0 bridgehead atoms. The van der Waals surface area contributed by atoms with Crippen molar-refractivity contribution >= 4 is 45.3 Å². The minimum atomic E-state index is 0.0996. The maximum absolute atomic E-state index is 14.1. The van der Waals surface area contributed by atoms with Crippen molar-refractivity contribution in [3.8, 4) is 0 Å². The van der Waals surface area contributed by atoms with E-state index in [2.05, 4.69) is 42.0 Å². The molecule has 272 valence electrons. The molecule has 4 aromatic rings. The minimum Gasteiger partial charge on any atom is -0.358 e. The molecule has 1 aliphatic rings. The van der Waals surface area contributed by atoms with Crippen molar-refractivity contribution in [2.24, 2.45) is 0 Å². The van der Waals surface area contributed by atoms with E-state index >= 15 is 0 Å². The first-order valence-electron chi connectivity index (χ1n) is 20.2. The van der Waals surface area contributed by atoms with Crippen LogP contribution in [0.3, 0.4) is 0 Å². The summed E-state index contributed by atoms with van der Waals surface area (Å²) in [5.74, 6) is 2.09. The van der Waals surface area contributed by atoms with Crippen LogP contribution in [0, 0.1) is 0 Å². The Labute approximate surface area is 309 Å². The van der Waals surface area contributed by atoms with Crippen molar-refractivity contribution in [1.82, 2.24) is 9.97 Å². The summed E-state index contributed by atoms with van der Waals surface area (Å²) in [6.07, 6.45) is 27.6. The van der Waals surface area contributed by atoms with Crippen LogP contribution in [0.15, 0.2) is 55.8 Å². The van der Waals surface area contributed by atoms with Gasteiger partial charge in [0.05, 0.1) is 16.4 Å². The summed E-state index contributed by atoms with van der Waals surface area (Å²) in [6, 6.07) is 12.3. The number of nitrogens with one attached hydrogen (secondary N) is 2. The summed E-state index contributed by atoms with van der Waals surface area (Å²) < 4.78 is 0. The van der Waals surface area contributed by atoms with E-state index in [9.17, 15) is 9.59 Å². The lowest BCUT2D eigenvalue weighted by molar-refractivity contribution is 0.563. The monoisotopic (exact) mass is 714 g/mol. The van der Waals surface area contributed by atoms with E-state index in [0.29, 0.717) is 12.8 Å². The first kappa shape index (κ1) is 38.8. The predicted octanol–water partition coefficient (Wildman–Crippen LogP) is 12.9. The van der Waals surface area contributed by atoms with Crippen LogP contribution in [0.1, 0.15) is 165 Å². The molecular formula is C44H62N2O2S2. The van der Waals surface area contributed by atoms with Crippen LogP contribution in [0.25, 0.3) is 21.8 Å². The number of unbranched alkanes of at least 4 members (excludes halogenated alkanes) is 18. The zero-order valence-electron chi connectivity index (χ0n) is 31.1. The van der Waals surface area contributed by atoms with Gasteiger partial charge in [-0.15, -0.1) is 23.5 Å². The summed E-state index contributed by atoms with van der Waals surface area (Å²) in [6.45, 7) is 4.55. The zero-order valence-corrected chi connectivity index (χ0v) is 32.7. The van der Waals surface area contributed by atoms with Crippen LogP contribution < -0.4 is 10.9 Å². The Morgan fingerprint density at radius 1 is 0.520 bits per heavy atom. The molecule has 0 atom stereocenters. The fourth-order valence-electron chi connectivity index (χ4n) is 7.58. The van der Waals surface area contributed by atoms with E-state index in [1.807, 2.05) is 41.7 Å². The van der Waals surface area contributed by atoms with Crippen molar-refractivity contribution in [2.75, 3.05) is 11.5 Å². The van der Waals surface area contributed by atoms with E-state index in [0.717, 1.165) is 65.6 Å². The van der Waals surface area contributed by atoms with Crippen LogP contribution in [0.2, 0.25) is 0 Å². The van der Waals surface area contributed by atoms with Gasteiger partial charge < -0.3 is 9.97 Å². The van der Waals surface area contributed by atoms with E-state index in [1.54, 1.807) is 0 Å². The molecule has 0 amide bonds. The number of aromatic amines is 2. The second kappa shape index (κ2) is 21.2. The fraction of sp³-hybridized carbons (Fsp3) is 0.591. The van der Waals surface area contributed by atoms with Crippen LogP contribution in [0.4, 0.5) is 0 Å². The number of benzene rings is 2. The Balaban J connectivity index is 1.18. The molecule has 0 fully saturated rings. The van der Waals surface area contributed by atoms with Gasteiger partial charge in [-0.05, 0) is 48.6 Å². The summed E-state index contributed by atoms with van der Waals surface area (Å²) >= 11 is 3.68. The molecule has 2 aromatic heterocycles. The van der Waals surface area contributed by atoms with Gasteiger partial charge in [-0.2, -0.15) is 0 Å². The lowest BCUT2D eigenvalue weighted by Gasteiger charge is -2.21. The number of H-pyrrole nitrogens is 2. The summed E-state index contributed by atoms with van der Waals surface area (Å²) in [7, 11) is 0. The second-order valence-electron chi connectivity index (χ2n) is 14.6. The standard InChI is InChI=1S/C44H62N2O2S2/c1-3-5-7-9-11-13-15-17-19-21-29-49-39-27-24-26-36-41(39)44(48)35-32-38-34(31-37(35)45-36)43(47)33-25-23-28-40(42(33)46-38)50-30-22-20-18-16-14-12-10-8-6-4-2/h23-28H,3-22,29-32H2,1-2H3,(H,45,48)(H,46,47). The molecule has 0 aliphatic heterocycles. The normalized spacial score (nSPS) is 12.5. The largest absolute Gasteiger partial charge is 0.358 e. The van der Waals surface area contributed by atoms with Crippen molar-refractivity contribution in [2.45, 2.75) is 165 Å². The Morgan fingerprint density at radius 3 is 1.56 bits per heavy atom. The van der Waals surface area contributed by atoms with Crippen LogP contribution in [-0.2, 0) is 12.8 Å². The third-order valence-corrected chi connectivity index (χ3v) is 12.9. The number of hydrogen-bond donors (Lipinski definition) is 2. The van der Waals surface area contributed by atoms with Crippen molar-refractivity contribution in [1.29, 1.82) is 0 Å². The van der Waals surface area contributed by atoms with Crippen molar-refractivity contribution in [3.05, 3.63) is 79.4 Å². The lowest BCUT2D eigenvalue weighted by atomic mass is 9.90. The Morgan fingerprint density at radius 2 is 0.980 bits per heavy atom. The van der Waals surface area contributed by atoms with Crippen LogP contribution >= 0.6 is 23.5 Å². The van der Waals surface area contributed by atoms with Crippen molar-refractivity contribution in [3.63, 3.8) is 0 Å². The van der Waals surface area contributed by atoms with E-state index in [1.165, 1.54) is 128 Å². The number of hydrogen-bond acceptors (Lipinski definition) is 4. The number of para-hydroxylation sites is 1. The van der Waals surface area contributed by atoms with E-state index in [4.69, 9.17) is 0 Å². The van der Waals surface area contributed by atoms with Gasteiger partial charge in [-0.3, -0.25) is 9.59 Å². The van der Waals surface area contributed by atoms with Gasteiger partial charge in [-0.1, -0.05) is 142 Å². The molecule has 2 heterocycles. The molecular weight excluding hydrogens is 653 g/mol. The maximum Gasteiger partial charge on any atom is 0.194 e. The number of fused-ring (bicyclic) bond motifs is 4. The fourth-order valence-corrected chi connectivity index (χ4v) is 9.72. The first-order chi connectivity index (χ1) is 24.6. The first-order valence-corrected chi connectivity index (χ1v) is 22.2. The number of thioether (sulfide) groups is 2. The highest BCUT2D eigenvalue weighted by Gasteiger charge is 2.25. The smallest absolute Gasteiger partial charge is 0.194 e. The van der Waals surface area contributed by atoms with E-state index in [-0.39, 0.29) is 10.9 Å². The third kappa shape index (κ3) is 10.8. The molecule has 0 unspecified atom stereocenters. The lowest BCUT2D eigenvalue weighted by Crippen LogP contribution is -2.26. The van der Waals surface area contributed by atoms with E-state index < -0.39 is 0 Å². The quantitative estimate of drug-likeness (QED) is 0.0493. The van der Waals surface area contributed by atoms with Gasteiger partial charge in [0.15, 0.2) is 10.9 Å². The Hall–Kier alpha value is -2.44. The summed E-state index contributed by atoms with van der Waals surface area (Å²) in [5.41, 5.74) is 5.43. The highest BCUT2D eigenvalue weighted by Crippen LogP contribution is 2.32. The van der Waals surface area contributed by atoms with Gasteiger partial charge in [0.2, 0.25) is 0 Å². The van der Waals surface area contributed by atoms with Gasteiger partial charge in [0, 0.05) is 50.5 Å². The molecule has 1 aliphatic carbocycles. The molecule has 2 N–H and O–H groups in total. The average molecular weight is 715 g/mol. The molecule has 50 heavy (non-hydrogen) atoms. The molecule has 0 radical (unpaired) electrons. The Bertz CT molecular complexity index is 1760. The third-order valence-electron chi connectivity index (χ3n) is 10.6. The van der Waals surface area contributed by atoms with Crippen LogP contribution in [0.5, 0.6) is 0 Å². The zero-order chi connectivity index (χ0) is 35.0. The second-order valence-corrected chi connectivity index (χ2v) is 16.9. The van der Waals surface area contributed by atoms with Gasteiger partial charge in [-0.25, -0.2) is 0 Å². The molecule has 0 spiro atoms. The highest BCUT2D eigenvalue weighted by atomic mass is 32.2. The molecule has 0 saturated carbocycles. The minimum absolute atomic E-state index is 0.0996. The van der Waals surface area contributed by atoms with Crippen molar-refractivity contribution < 1.29 is 0 Å². The van der Waals surface area contributed by atoms with Gasteiger partial charge >= 0.3 is 0 Å². The average Bonchev–Trinajstić information content (AvgIpc) is 3.13. The van der Waals surface area contributed by atoms with Gasteiger partial charge in [0.1, 0.15) is 0 Å². The molecule has 6 heteroatoms. The molecule has 2 aromatic carbocycles. The Kier molecular flexibility index (Phi) is 16.4. The summed E-state index contributed by atoms with van der Waals surface area (Å²) in [5, 5.41) is 1.57. The number of aromatic nitrogens is 2. The maximum atomic E-state index is 14.1. The van der Waals surface area contributed by atoms with Gasteiger partial charge in [0.25, 0.3) is 0 Å². The molecule has 0 saturated heterocycles. The topological polar surface area (TPSA) is 65.7 Å². The molecule has 5 rings (SSSR count). The highest BCUT2D eigenvalue weighted by molar-refractivity contribution is 7.99. The number of rotatable bonds is 24. The predicted molar refractivity (Wildman–Crippen MR) is 220 cm³/mol. The summed E-state index contributed by atoms with van der Waals surface area (Å²) in [4.78, 5) is 37.5. The number of pyridine rings is 2.